The zero-order valence-corrected chi connectivity index (χ0v) is 18.2. The number of amides is 1. The third-order valence-corrected chi connectivity index (χ3v) is 5.98. The van der Waals surface area contributed by atoms with Crippen LogP contribution in [0.4, 0.5) is 5.13 Å². The van der Waals surface area contributed by atoms with Gasteiger partial charge in [0.25, 0.3) is 5.91 Å². The monoisotopic (exact) mass is 437 g/mol. The van der Waals surface area contributed by atoms with Crippen LogP contribution in [-0.4, -0.2) is 50.1 Å². The van der Waals surface area contributed by atoms with Crippen molar-refractivity contribution in [1.82, 2.24) is 9.88 Å². The second-order valence-electron chi connectivity index (χ2n) is 6.55. The fourth-order valence-electron chi connectivity index (χ4n) is 2.83. The summed E-state index contributed by atoms with van der Waals surface area (Å²) >= 11 is 13.8. The van der Waals surface area contributed by atoms with Crippen LogP contribution >= 0.6 is 34.5 Å². The van der Waals surface area contributed by atoms with Crippen LogP contribution in [0.15, 0.2) is 36.4 Å². The van der Waals surface area contributed by atoms with Gasteiger partial charge in [0.05, 0.1) is 16.8 Å². The minimum absolute atomic E-state index is 0.143. The van der Waals surface area contributed by atoms with Gasteiger partial charge in [-0.3, -0.25) is 9.69 Å². The molecule has 2 aromatic carbocycles. The van der Waals surface area contributed by atoms with Crippen molar-refractivity contribution < 1.29 is 9.53 Å². The minimum atomic E-state index is -0.143. The van der Waals surface area contributed by atoms with Gasteiger partial charge >= 0.3 is 0 Å². The lowest BCUT2D eigenvalue weighted by atomic mass is 10.2. The molecule has 1 amide bonds. The van der Waals surface area contributed by atoms with Gasteiger partial charge in [-0.05, 0) is 57.4 Å². The Labute approximate surface area is 178 Å². The van der Waals surface area contributed by atoms with Gasteiger partial charge in [0.2, 0.25) is 0 Å². The standard InChI is InChI=1S/C20H21Cl2N3O2S/c1-24(2)10-5-11-25(19(26)13-6-4-7-14(21)12-13)20-23-17-16(27-3)9-8-15(22)18(17)28-20/h4,6-9,12H,5,10-11H2,1-3H3. The molecule has 0 N–H and O–H groups in total. The van der Waals surface area contributed by atoms with Crippen molar-refractivity contribution in [3.63, 3.8) is 0 Å². The molecular weight excluding hydrogens is 417 g/mol. The van der Waals surface area contributed by atoms with Crippen LogP contribution in [-0.2, 0) is 0 Å². The Hall–Kier alpha value is -1.86. The average Bonchev–Trinajstić information content (AvgIpc) is 3.11. The second kappa shape index (κ2) is 9.09. The number of thiazole rings is 1. The number of benzene rings is 2. The van der Waals surface area contributed by atoms with Gasteiger partial charge in [0.15, 0.2) is 5.13 Å². The third kappa shape index (κ3) is 4.58. The van der Waals surface area contributed by atoms with Crippen molar-refractivity contribution in [1.29, 1.82) is 0 Å². The number of fused-ring (bicyclic) bond motifs is 1. The molecule has 3 rings (SSSR count). The number of methoxy groups -OCH3 is 1. The maximum Gasteiger partial charge on any atom is 0.260 e. The summed E-state index contributed by atoms with van der Waals surface area (Å²) in [6.07, 6.45) is 0.806. The van der Waals surface area contributed by atoms with Crippen molar-refractivity contribution in [3.8, 4) is 5.75 Å². The molecule has 0 radical (unpaired) electrons. The summed E-state index contributed by atoms with van der Waals surface area (Å²) in [5.74, 6) is 0.487. The van der Waals surface area contributed by atoms with Crippen LogP contribution in [0, 0.1) is 0 Å². The van der Waals surface area contributed by atoms with E-state index in [4.69, 9.17) is 27.9 Å². The summed E-state index contributed by atoms with van der Waals surface area (Å²) in [5.41, 5.74) is 1.18. The minimum Gasteiger partial charge on any atom is -0.494 e. The Balaban J connectivity index is 2.02. The van der Waals surface area contributed by atoms with Crippen molar-refractivity contribution in [2.75, 3.05) is 39.2 Å². The maximum absolute atomic E-state index is 13.2. The lowest BCUT2D eigenvalue weighted by molar-refractivity contribution is 0.0986. The quantitative estimate of drug-likeness (QED) is 0.508. The summed E-state index contributed by atoms with van der Waals surface area (Å²) in [6.45, 7) is 1.39. The van der Waals surface area contributed by atoms with E-state index in [1.165, 1.54) is 11.3 Å². The van der Waals surface area contributed by atoms with E-state index in [1.54, 1.807) is 48.4 Å². The molecule has 1 aromatic heterocycles. The molecule has 0 aliphatic heterocycles. The van der Waals surface area contributed by atoms with Crippen LogP contribution in [0.1, 0.15) is 16.8 Å². The van der Waals surface area contributed by atoms with Gasteiger partial charge in [0, 0.05) is 17.1 Å². The second-order valence-corrected chi connectivity index (χ2v) is 8.37. The van der Waals surface area contributed by atoms with Crippen molar-refractivity contribution in [2.45, 2.75) is 6.42 Å². The van der Waals surface area contributed by atoms with Crippen molar-refractivity contribution >= 4 is 55.8 Å². The lowest BCUT2D eigenvalue weighted by Crippen LogP contribution is -2.33. The topological polar surface area (TPSA) is 45.7 Å². The van der Waals surface area contributed by atoms with E-state index in [1.807, 2.05) is 14.1 Å². The van der Waals surface area contributed by atoms with Crippen LogP contribution in [0.25, 0.3) is 10.2 Å². The number of carbonyl (C=O) groups excluding carboxylic acids is 1. The Morgan fingerprint density at radius 1 is 1.18 bits per heavy atom. The first-order valence-electron chi connectivity index (χ1n) is 8.76. The van der Waals surface area contributed by atoms with Gasteiger partial charge < -0.3 is 9.64 Å². The third-order valence-electron chi connectivity index (χ3n) is 4.20. The molecule has 1 heterocycles. The maximum atomic E-state index is 13.2. The first-order chi connectivity index (χ1) is 13.4. The first kappa shape index (κ1) is 20.9. The normalized spacial score (nSPS) is 11.2. The van der Waals surface area contributed by atoms with Crippen LogP contribution < -0.4 is 9.64 Å². The molecule has 5 nitrogen and oxygen atoms in total. The van der Waals surface area contributed by atoms with E-state index in [0.717, 1.165) is 17.7 Å². The average molecular weight is 438 g/mol. The van der Waals surface area contributed by atoms with E-state index >= 15 is 0 Å². The Kier molecular flexibility index (Phi) is 6.78. The van der Waals surface area contributed by atoms with Crippen molar-refractivity contribution in [3.05, 3.63) is 52.0 Å². The predicted molar refractivity (Wildman–Crippen MR) is 117 cm³/mol. The molecule has 0 aliphatic carbocycles. The Bertz CT molecular complexity index is 991. The molecule has 28 heavy (non-hydrogen) atoms. The number of halogens is 2. The van der Waals surface area contributed by atoms with E-state index in [9.17, 15) is 4.79 Å². The highest BCUT2D eigenvalue weighted by atomic mass is 35.5. The van der Waals surface area contributed by atoms with Crippen LogP contribution in [0.3, 0.4) is 0 Å². The molecule has 0 unspecified atom stereocenters. The lowest BCUT2D eigenvalue weighted by Gasteiger charge is -2.21. The number of rotatable bonds is 7. The summed E-state index contributed by atoms with van der Waals surface area (Å²) in [5, 5.41) is 1.70. The fourth-order valence-corrected chi connectivity index (χ4v) is 4.30. The SMILES string of the molecule is COc1ccc(Cl)c2sc(N(CCCN(C)C)C(=O)c3cccc(Cl)c3)nc12. The molecule has 8 heteroatoms. The van der Waals surface area contributed by atoms with Gasteiger partial charge in [-0.15, -0.1) is 0 Å². The van der Waals surface area contributed by atoms with E-state index < -0.39 is 0 Å². The van der Waals surface area contributed by atoms with Gasteiger partial charge in [-0.1, -0.05) is 40.6 Å². The summed E-state index contributed by atoms with van der Waals surface area (Å²) in [7, 11) is 5.60. The number of nitrogens with zero attached hydrogens (tertiary/aromatic N) is 3. The highest BCUT2D eigenvalue weighted by Gasteiger charge is 2.23. The molecule has 0 saturated carbocycles. The molecule has 0 fully saturated rings. The number of hydrogen-bond acceptors (Lipinski definition) is 5. The number of aromatic nitrogens is 1. The van der Waals surface area contributed by atoms with Gasteiger partial charge in [-0.25, -0.2) is 4.98 Å². The van der Waals surface area contributed by atoms with E-state index in [2.05, 4.69) is 9.88 Å². The number of ether oxygens (including phenoxy) is 1. The molecule has 0 spiro atoms. The van der Waals surface area contributed by atoms with Gasteiger partial charge in [-0.2, -0.15) is 0 Å². The Morgan fingerprint density at radius 3 is 2.64 bits per heavy atom. The van der Waals surface area contributed by atoms with Gasteiger partial charge in [0.1, 0.15) is 11.3 Å². The smallest absolute Gasteiger partial charge is 0.260 e. The molecule has 0 saturated heterocycles. The molecule has 0 atom stereocenters. The number of anilines is 1. The zero-order valence-electron chi connectivity index (χ0n) is 15.9. The van der Waals surface area contributed by atoms with Crippen molar-refractivity contribution in [2.24, 2.45) is 0 Å². The van der Waals surface area contributed by atoms with E-state index in [-0.39, 0.29) is 5.91 Å². The predicted octanol–water partition coefficient (Wildman–Crippen LogP) is 5.21. The summed E-state index contributed by atoms with van der Waals surface area (Å²) in [6, 6.07) is 10.5. The highest BCUT2D eigenvalue weighted by Crippen LogP contribution is 2.39. The first-order valence-corrected chi connectivity index (χ1v) is 10.3. The summed E-state index contributed by atoms with van der Waals surface area (Å²) < 4.78 is 6.21. The number of carbonyl (C=O) groups is 1. The van der Waals surface area contributed by atoms with Crippen LogP contribution in [0.5, 0.6) is 5.75 Å². The summed E-state index contributed by atoms with van der Waals surface area (Å²) in [4.78, 5) is 21.7. The number of hydrogen-bond donors (Lipinski definition) is 0. The fraction of sp³-hybridized carbons (Fsp3) is 0.300. The Morgan fingerprint density at radius 2 is 1.96 bits per heavy atom. The van der Waals surface area contributed by atoms with Crippen LogP contribution in [0.2, 0.25) is 10.0 Å². The molecular formula is C20H21Cl2N3O2S. The highest BCUT2D eigenvalue weighted by molar-refractivity contribution is 7.23. The molecule has 0 bridgehead atoms. The molecule has 148 valence electrons. The largest absolute Gasteiger partial charge is 0.494 e. The molecule has 0 aliphatic rings. The zero-order chi connectivity index (χ0) is 20.3. The molecule has 3 aromatic rings. The van der Waals surface area contributed by atoms with E-state index in [0.29, 0.717) is 38.6 Å².